The van der Waals surface area contributed by atoms with Gasteiger partial charge in [-0.2, -0.15) is 5.26 Å². The Balaban J connectivity index is 1.09. The predicted molar refractivity (Wildman–Crippen MR) is 166 cm³/mol. The van der Waals surface area contributed by atoms with Crippen LogP contribution in [0, 0.1) is 11.3 Å². The van der Waals surface area contributed by atoms with Crippen LogP contribution in [0.5, 0.6) is 0 Å². The number of benzene rings is 2. The number of rotatable bonds is 7. The number of thiophene rings is 1. The molecule has 0 radical (unpaired) electrons. The van der Waals surface area contributed by atoms with Crippen LogP contribution in [0.1, 0.15) is 16.7 Å². The van der Waals surface area contributed by atoms with Crippen molar-refractivity contribution in [2.45, 2.75) is 13.1 Å². The minimum Gasteiger partial charge on any atom is -0.361 e. The quantitative estimate of drug-likeness (QED) is 0.226. The second-order valence-electron chi connectivity index (χ2n) is 10.5. The maximum absolute atomic E-state index is 9.86. The number of nitrogens with one attached hydrogen (secondary N) is 2. The highest BCUT2D eigenvalue weighted by Crippen LogP contribution is 2.39. The molecule has 8 heteroatoms. The van der Waals surface area contributed by atoms with Gasteiger partial charge in [0.25, 0.3) is 0 Å². The third-order valence-corrected chi connectivity index (χ3v) is 8.84. The number of H-pyrrole nitrogens is 1. The van der Waals surface area contributed by atoms with Crippen molar-refractivity contribution in [3.63, 3.8) is 0 Å². The smallest absolute Gasteiger partial charge is 0.126 e. The van der Waals surface area contributed by atoms with Crippen molar-refractivity contribution in [1.29, 1.82) is 5.26 Å². The minimum atomic E-state index is 0.535. The van der Waals surface area contributed by atoms with E-state index in [-0.39, 0.29) is 0 Å². The lowest BCUT2D eigenvalue weighted by atomic mass is 10.1. The van der Waals surface area contributed by atoms with E-state index < -0.39 is 0 Å². The Kier molecular flexibility index (Phi) is 6.91. The van der Waals surface area contributed by atoms with Crippen LogP contribution in [0.2, 0.25) is 0 Å². The molecule has 1 aliphatic heterocycles. The lowest BCUT2D eigenvalue weighted by Gasteiger charge is -2.34. The van der Waals surface area contributed by atoms with Gasteiger partial charge in [0.05, 0.1) is 11.3 Å². The van der Waals surface area contributed by atoms with E-state index in [4.69, 9.17) is 0 Å². The van der Waals surface area contributed by atoms with Crippen molar-refractivity contribution in [2.75, 3.05) is 31.5 Å². The monoisotopic (exact) mass is 555 g/mol. The summed E-state index contributed by atoms with van der Waals surface area (Å²) in [6.45, 7) is 6.17. The lowest BCUT2D eigenvalue weighted by Crippen LogP contribution is -2.45. The Hall–Kier alpha value is -4.55. The average molecular weight is 556 g/mol. The summed E-state index contributed by atoms with van der Waals surface area (Å²) >= 11 is 1.66. The third-order valence-electron chi connectivity index (χ3n) is 7.74. The molecule has 0 aliphatic carbocycles. The number of nitrogens with zero attached hydrogens (tertiary/aromatic N) is 5. The van der Waals surface area contributed by atoms with Crippen molar-refractivity contribution in [1.82, 2.24) is 24.8 Å². The molecule has 1 fully saturated rings. The Morgan fingerprint density at radius 1 is 0.902 bits per heavy atom. The second kappa shape index (κ2) is 11.1. The van der Waals surface area contributed by atoms with Gasteiger partial charge >= 0.3 is 0 Å². The maximum atomic E-state index is 9.86. The molecule has 4 aromatic heterocycles. The lowest BCUT2D eigenvalue weighted by molar-refractivity contribution is 0.122. The van der Waals surface area contributed by atoms with Crippen molar-refractivity contribution >= 4 is 43.8 Å². The van der Waals surface area contributed by atoms with Gasteiger partial charge in [0.15, 0.2) is 0 Å². The fraction of sp³-hybridized carbons (Fsp3) is 0.182. The molecule has 0 spiro atoms. The molecule has 2 aromatic carbocycles. The molecule has 41 heavy (non-hydrogen) atoms. The van der Waals surface area contributed by atoms with Crippen LogP contribution >= 0.6 is 11.3 Å². The van der Waals surface area contributed by atoms with E-state index in [9.17, 15) is 5.26 Å². The predicted octanol–water partition coefficient (Wildman–Crippen LogP) is 6.77. The highest BCUT2D eigenvalue weighted by Gasteiger charge is 2.18. The molecule has 202 valence electrons. The summed E-state index contributed by atoms with van der Waals surface area (Å²) in [6, 6.07) is 25.7. The number of piperazine rings is 1. The van der Waals surface area contributed by atoms with E-state index in [0.29, 0.717) is 5.56 Å². The first-order valence-corrected chi connectivity index (χ1v) is 14.6. The van der Waals surface area contributed by atoms with Gasteiger partial charge in [0, 0.05) is 90.9 Å². The highest BCUT2D eigenvalue weighted by atomic mass is 32.1. The summed E-state index contributed by atoms with van der Waals surface area (Å²) in [4.78, 5) is 19.1. The molecule has 1 saturated heterocycles. The van der Waals surface area contributed by atoms with Gasteiger partial charge in [-0.15, -0.1) is 11.3 Å². The largest absolute Gasteiger partial charge is 0.361 e. The zero-order chi connectivity index (χ0) is 27.6. The standard InChI is InChI=1S/C33H29N7S/c34-19-27-20-37-33-29(32(27)38-28-4-5-30-25(17-28)8-11-36-30)18-31(41-33)26-3-1-2-24(16-26)22-40-14-12-39(13-15-40)21-23-6-9-35-10-7-23/h1-11,16-18,20,36H,12-15,21-22H2,(H,37,38). The number of aromatic nitrogens is 3. The van der Waals surface area contributed by atoms with Gasteiger partial charge in [0.1, 0.15) is 10.9 Å². The summed E-state index contributed by atoms with van der Waals surface area (Å²) in [5.74, 6) is 0. The van der Waals surface area contributed by atoms with E-state index in [1.54, 1.807) is 17.5 Å². The molecule has 7 rings (SSSR count). The number of pyridine rings is 2. The first-order chi connectivity index (χ1) is 20.2. The van der Waals surface area contributed by atoms with Crippen LogP contribution in [0.25, 0.3) is 31.6 Å². The van der Waals surface area contributed by atoms with Crippen LogP contribution in [0.3, 0.4) is 0 Å². The second-order valence-corrected chi connectivity index (χ2v) is 11.5. The summed E-state index contributed by atoms with van der Waals surface area (Å²) in [6.07, 6.45) is 7.34. The summed E-state index contributed by atoms with van der Waals surface area (Å²) in [5, 5.41) is 15.5. The maximum Gasteiger partial charge on any atom is 0.126 e. The molecule has 2 N–H and O–H groups in total. The first-order valence-electron chi connectivity index (χ1n) is 13.8. The topological polar surface area (TPSA) is 83.9 Å². The molecule has 7 nitrogen and oxygen atoms in total. The normalized spacial score (nSPS) is 14.4. The number of hydrogen-bond acceptors (Lipinski definition) is 7. The average Bonchev–Trinajstić information content (AvgIpc) is 3.66. The number of nitriles is 1. The molecule has 0 atom stereocenters. The highest BCUT2D eigenvalue weighted by molar-refractivity contribution is 7.22. The van der Waals surface area contributed by atoms with Crippen LogP contribution in [0.4, 0.5) is 11.4 Å². The summed E-state index contributed by atoms with van der Waals surface area (Å²) in [7, 11) is 0. The zero-order valence-corrected chi connectivity index (χ0v) is 23.4. The Bertz CT molecular complexity index is 1860. The van der Waals surface area contributed by atoms with Gasteiger partial charge < -0.3 is 10.3 Å². The van der Waals surface area contributed by atoms with E-state index in [0.717, 1.165) is 76.6 Å². The Morgan fingerprint density at radius 2 is 1.71 bits per heavy atom. The van der Waals surface area contributed by atoms with Crippen molar-refractivity contribution in [3.05, 3.63) is 108 Å². The molecule has 0 amide bonds. The molecular formula is C33H29N7S. The minimum absolute atomic E-state index is 0.535. The fourth-order valence-electron chi connectivity index (χ4n) is 5.56. The van der Waals surface area contributed by atoms with Gasteiger partial charge in [-0.05, 0) is 65.2 Å². The molecule has 0 saturated carbocycles. The summed E-state index contributed by atoms with van der Waals surface area (Å²) in [5.41, 5.74) is 7.17. The van der Waals surface area contributed by atoms with Crippen LogP contribution < -0.4 is 5.32 Å². The van der Waals surface area contributed by atoms with Gasteiger partial charge in [-0.25, -0.2) is 4.98 Å². The van der Waals surface area contributed by atoms with E-state index in [1.807, 2.05) is 36.8 Å². The SMILES string of the molecule is N#Cc1cnc2sc(-c3cccc(CN4CCN(Cc5ccncc5)CC4)c3)cc2c1Nc1ccc2[nH]ccc2c1. The van der Waals surface area contributed by atoms with Crippen LogP contribution in [0.15, 0.2) is 91.5 Å². The molecule has 0 unspecified atom stereocenters. The third kappa shape index (κ3) is 5.43. The zero-order valence-electron chi connectivity index (χ0n) is 22.5. The number of aromatic amines is 1. The van der Waals surface area contributed by atoms with E-state index >= 15 is 0 Å². The molecular weight excluding hydrogens is 526 g/mol. The fourth-order valence-corrected chi connectivity index (χ4v) is 6.57. The molecule has 5 heterocycles. The van der Waals surface area contributed by atoms with Gasteiger partial charge in [0.2, 0.25) is 0 Å². The molecule has 0 bridgehead atoms. The van der Waals surface area contributed by atoms with E-state index in [2.05, 4.69) is 84.7 Å². The van der Waals surface area contributed by atoms with Crippen LogP contribution in [-0.2, 0) is 13.1 Å². The van der Waals surface area contributed by atoms with Gasteiger partial charge in [-0.3, -0.25) is 14.8 Å². The summed E-state index contributed by atoms with van der Waals surface area (Å²) < 4.78 is 0. The van der Waals surface area contributed by atoms with Crippen molar-refractivity contribution < 1.29 is 0 Å². The number of fused-ring (bicyclic) bond motifs is 2. The Labute approximate surface area is 242 Å². The van der Waals surface area contributed by atoms with E-state index in [1.165, 1.54) is 16.7 Å². The van der Waals surface area contributed by atoms with Crippen molar-refractivity contribution in [3.8, 4) is 16.5 Å². The first kappa shape index (κ1) is 25.4. The van der Waals surface area contributed by atoms with Gasteiger partial charge in [-0.1, -0.05) is 18.2 Å². The van der Waals surface area contributed by atoms with Crippen LogP contribution in [-0.4, -0.2) is 50.9 Å². The van der Waals surface area contributed by atoms with Crippen molar-refractivity contribution in [2.24, 2.45) is 0 Å². The Morgan fingerprint density at radius 3 is 2.51 bits per heavy atom. The molecule has 1 aliphatic rings. The number of anilines is 2. The molecule has 6 aromatic rings. The number of hydrogen-bond donors (Lipinski definition) is 2.